The van der Waals surface area contributed by atoms with Gasteiger partial charge in [0.25, 0.3) is 11.1 Å². The van der Waals surface area contributed by atoms with Gasteiger partial charge in [-0.1, -0.05) is 25.1 Å². The third-order valence-electron chi connectivity index (χ3n) is 4.52. The minimum atomic E-state index is -0.280. The van der Waals surface area contributed by atoms with Crippen LogP contribution in [0.5, 0.6) is 11.5 Å². The normalized spacial score (nSPS) is 16.4. The largest absolute Gasteiger partial charge is 0.493 e. The van der Waals surface area contributed by atoms with Gasteiger partial charge in [0.15, 0.2) is 11.5 Å². The van der Waals surface area contributed by atoms with Gasteiger partial charge in [0, 0.05) is 3.57 Å². The van der Waals surface area contributed by atoms with Crippen molar-refractivity contribution in [1.82, 2.24) is 4.90 Å². The lowest BCUT2D eigenvalue weighted by Gasteiger charge is -2.15. The molecule has 0 bridgehead atoms. The molecule has 0 N–H and O–H groups in total. The van der Waals surface area contributed by atoms with Crippen LogP contribution in [0, 0.1) is 3.57 Å². The van der Waals surface area contributed by atoms with Crippen molar-refractivity contribution >= 4 is 51.6 Å². The zero-order valence-corrected chi connectivity index (χ0v) is 19.5. The Bertz CT molecular complexity index is 942. The first-order valence-corrected chi connectivity index (χ1v) is 11.1. The average molecular weight is 523 g/mol. The summed E-state index contributed by atoms with van der Waals surface area (Å²) in [7, 11) is 1.58. The Morgan fingerprint density at radius 1 is 1.14 bits per heavy atom. The van der Waals surface area contributed by atoms with Gasteiger partial charge >= 0.3 is 0 Å². The van der Waals surface area contributed by atoms with Crippen LogP contribution in [0.25, 0.3) is 6.08 Å². The number of benzene rings is 2. The van der Waals surface area contributed by atoms with Crippen molar-refractivity contribution in [3.8, 4) is 11.5 Å². The zero-order chi connectivity index (χ0) is 21.0. The third-order valence-corrected chi connectivity index (χ3v) is 6.14. The van der Waals surface area contributed by atoms with E-state index in [1.165, 1.54) is 4.90 Å². The van der Waals surface area contributed by atoms with Crippen LogP contribution in [0.4, 0.5) is 4.79 Å². The Labute approximate surface area is 188 Å². The van der Waals surface area contributed by atoms with E-state index in [4.69, 9.17) is 9.47 Å². The van der Waals surface area contributed by atoms with E-state index < -0.39 is 0 Å². The highest BCUT2D eigenvalue weighted by molar-refractivity contribution is 14.1. The molecule has 1 fully saturated rings. The molecule has 2 aromatic rings. The number of methoxy groups -OCH3 is 1. The van der Waals surface area contributed by atoms with Gasteiger partial charge in [-0.2, -0.15) is 0 Å². The van der Waals surface area contributed by atoms with E-state index >= 15 is 0 Å². The van der Waals surface area contributed by atoms with Crippen molar-refractivity contribution in [2.24, 2.45) is 0 Å². The highest BCUT2D eigenvalue weighted by atomic mass is 127. The van der Waals surface area contributed by atoms with E-state index in [2.05, 4.69) is 29.5 Å². The number of rotatable bonds is 7. The van der Waals surface area contributed by atoms with E-state index in [0.717, 1.165) is 32.9 Å². The number of carbonyl (C=O) groups excluding carboxylic acids is 2. The lowest BCUT2D eigenvalue weighted by molar-refractivity contribution is -0.123. The highest BCUT2D eigenvalue weighted by Gasteiger charge is 2.35. The fourth-order valence-corrected chi connectivity index (χ4v) is 3.93. The van der Waals surface area contributed by atoms with Crippen LogP contribution in [0.15, 0.2) is 47.4 Å². The standard InChI is InChI=1S/C22H22INO4S/c1-4-14(2)28-18-10-7-16(11-19(18)27-3)12-20-21(25)24(22(26)29-20)13-15-5-8-17(23)9-6-15/h5-12,14H,4,13H2,1-3H3/b20-12-. The number of halogens is 1. The Hall–Kier alpha value is -2.00. The Morgan fingerprint density at radius 3 is 2.52 bits per heavy atom. The molecule has 0 saturated carbocycles. The molecule has 1 aliphatic heterocycles. The predicted molar refractivity (Wildman–Crippen MR) is 124 cm³/mol. The first-order chi connectivity index (χ1) is 13.9. The number of thioether (sulfide) groups is 1. The van der Waals surface area contributed by atoms with Gasteiger partial charge in [-0.3, -0.25) is 14.5 Å². The van der Waals surface area contributed by atoms with E-state index in [1.54, 1.807) is 13.2 Å². The molecule has 3 rings (SSSR count). The van der Waals surface area contributed by atoms with Crippen molar-refractivity contribution in [2.75, 3.05) is 7.11 Å². The molecular formula is C22H22INO4S. The number of ether oxygens (including phenoxy) is 2. The van der Waals surface area contributed by atoms with Crippen LogP contribution in [-0.2, 0) is 11.3 Å². The Balaban J connectivity index is 1.79. The molecule has 1 heterocycles. The van der Waals surface area contributed by atoms with E-state index in [0.29, 0.717) is 16.4 Å². The van der Waals surface area contributed by atoms with Crippen LogP contribution in [-0.4, -0.2) is 29.3 Å². The summed E-state index contributed by atoms with van der Waals surface area (Å²) < 4.78 is 12.4. The van der Waals surface area contributed by atoms with Gasteiger partial charge in [0.1, 0.15) is 0 Å². The molecular weight excluding hydrogens is 501 g/mol. The molecule has 152 valence electrons. The Kier molecular flexibility index (Phi) is 7.23. The zero-order valence-electron chi connectivity index (χ0n) is 16.5. The van der Waals surface area contributed by atoms with Crippen molar-refractivity contribution in [3.63, 3.8) is 0 Å². The second-order valence-electron chi connectivity index (χ2n) is 6.64. The summed E-state index contributed by atoms with van der Waals surface area (Å²) in [6, 6.07) is 13.3. The lowest BCUT2D eigenvalue weighted by Crippen LogP contribution is -2.27. The van der Waals surface area contributed by atoms with Crippen molar-refractivity contribution < 1.29 is 19.1 Å². The van der Waals surface area contributed by atoms with Crippen LogP contribution in [0.2, 0.25) is 0 Å². The van der Waals surface area contributed by atoms with Crippen LogP contribution < -0.4 is 9.47 Å². The molecule has 0 spiro atoms. The van der Waals surface area contributed by atoms with Crippen LogP contribution in [0.3, 0.4) is 0 Å². The molecule has 0 radical (unpaired) electrons. The summed E-state index contributed by atoms with van der Waals surface area (Å²) in [4.78, 5) is 26.8. The van der Waals surface area contributed by atoms with Gasteiger partial charge in [-0.25, -0.2) is 0 Å². The fourth-order valence-electron chi connectivity index (χ4n) is 2.73. The highest BCUT2D eigenvalue weighted by Crippen LogP contribution is 2.35. The average Bonchev–Trinajstić information content (AvgIpc) is 2.97. The van der Waals surface area contributed by atoms with Gasteiger partial charge in [-0.05, 0) is 89.2 Å². The second kappa shape index (κ2) is 9.67. The summed E-state index contributed by atoms with van der Waals surface area (Å²) in [6.45, 7) is 4.32. The summed E-state index contributed by atoms with van der Waals surface area (Å²) in [5.74, 6) is 0.973. The quantitative estimate of drug-likeness (QED) is 0.344. The maximum Gasteiger partial charge on any atom is 0.293 e. The maximum absolute atomic E-state index is 12.8. The fraction of sp³-hybridized carbons (Fsp3) is 0.273. The molecule has 1 saturated heterocycles. The van der Waals surface area contributed by atoms with Crippen LogP contribution in [0.1, 0.15) is 31.4 Å². The third kappa shape index (κ3) is 5.33. The number of nitrogens with zero attached hydrogens (tertiary/aromatic N) is 1. The van der Waals surface area contributed by atoms with Crippen molar-refractivity contribution in [1.29, 1.82) is 0 Å². The second-order valence-corrected chi connectivity index (χ2v) is 8.88. The molecule has 5 nitrogen and oxygen atoms in total. The minimum absolute atomic E-state index is 0.0764. The van der Waals surface area contributed by atoms with E-state index in [-0.39, 0.29) is 23.8 Å². The molecule has 29 heavy (non-hydrogen) atoms. The van der Waals surface area contributed by atoms with Crippen molar-refractivity contribution in [3.05, 3.63) is 62.1 Å². The van der Waals surface area contributed by atoms with E-state index in [9.17, 15) is 9.59 Å². The maximum atomic E-state index is 12.8. The van der Waals surface area contributed by atoms with E-state index in [1.807, 2.05) is 49.4 Å². The topological polar surface area (TPSA) is 55.8 Å². The van der Waals surface area contributed by atoms with Gasteiger partial charge < -0.3 is 9.47 Å². The molecule has 1 unspecified atom stereocenters. The molecule has 1 atom stereocenters. The lowest BCUT2D eigenvalue weighted by atomic mass is 10.1. The summed E-state index contributed by atoms with van der Waals surface area (Å²) >= 11 is 3.18. The molecule has 0 aliphatic carbocycles. The Morgan fingerprint density at radius 2 is 1.86 bits per heavy atom. The summed E-state index contributed by atoms with van der Waals surface area (Å²) in [6.07, 6.45) is 2.68. The number of imide groups is 1. The summed E-state index contributed by atoms with van der Waals surface area (Å²) in [5, 5.41) is -0.261. The van der Waals surface area contributed by atoms with Crippen molar-refractivity contribution in [2.45, 2.75) is 32.9 Å². The number of hydrogen-bond acceptors (Lipinski definition) is 5. The van der Waals surface area contributed by atoms with Gasteiger partial charge in [0.05, 0.1) is 24.7 Å². The minimum Gasteiger partial charge on any atom is -0.493 e. The smallest absolute Gasteiger partial charge is 0.293 e. The first kappa shape index (κ1) is 21.7. The van der Waals surface area contributed by atoms with Gasteiger partial charge in [-0.15, -0.1) is 0 Å². The summed E-state index contributed by atoms with van der Waals surface area (Å²) in [5.41, 5.74) is 1.69. The van der Waals surface area contributed by atoms with Gasteiger partial charge in [0.2, 0.25) is 0 Å². The monoisotopic (exact) mass is 523 g/mol. The molecule has 2 aromatic carbocycles. The molecule has 0 aromatic heterocycles. The SMILES string of the molecule is CCC(C)Oc1ccc(/C=C2\SC(=O)N(Cc3ccc(I)cc3)C2=O)cc1OC. The number of carbonyl (C=O) groups is 2. The molecule has 7 heteroatoms. The predicted octanol–water partition coefficient (Wildman–Crippen LogP) is 5.71. The number of amides is 2. The molecule has 1 aliphatic rings. The number of hydrogen-bond donors (Lipinski definition) is 0. The molecule has 2 amide bonds. The van der Waals surface area contributed by atoms with Crippen LogP contribution >= 0.6 is 34.4 Å². The first-order valence-electron chi connectivity index (χ1n) is 9.25.